The molecule has 4 heterocycles. The summed E-state index contributed by atoms with van der Waals surface area (Å²) in [4.78, 5) is 25.6. The van der Waals surface area contributed by atoms with Crippen molar-refractivity contribution in [2.45, 2.75) is 25.0 Å². The van der Waals surface area contributed by atoms with E-state index >= 15 is 0 Å². The number of carbonyl (C=O) groups excluding carboxylic acids is 1. The van der Waals surface area contributed by atoms with E-state index in [9.17, 15) is 20.1 Å². The first-order valence-corrected chi connectivity index (χ1v) is 12.3. The normalized spacial score (nSPS) is 14.1. The summed E-state index contributed by atoms with van der Waals surface area (Å²) < 4.78 is 14.5. The number of aliphatic hydroxyl groups is 3. The van der Waals surface area contributed by atoms with Crippen molar-refractivity contribution in [3.63, 3.8) is 0 Å². The minimum atomic E-state index is -3.45. The maximum absolute atomic E-state index is 12.8. The molecule has 1 aliphatic heterocycles. The van der Waals surface area contributed by atoms with Gasteiger partial charge in [0.1, 0.15) is 17.7 Å². The van der Waals surface area contributed by atoms with Crippen molar-refractivity contribution in [2.75, 3.05) is 31.0 Å². The molecular weight excluding hydrogens is 524 g/mol. The number of rotatable bonds is 9. The maximum atomic E-state index is 12.8. The van der Waals surface area contributed by atoms with Crippen LogP contribution in [0.15, 0.2) is 43.1 Å². The number of aryl methyl sites for hydroxylation is 1. The molecule has 6 N–H and O–H groups in total. The van der Waals surface area contributed by atoms with Gasteiger partial charge in [-0.2, -0.15) is 15.2 Å². The number of ether oxygens (including phenoxy) is 2. The molecule has 0 radical (unpaired) electrons. The molecule has 0 unspecified atom stereocenters. The second kappa shape index (κ2) is 11.2. The predicted octanol–water partition coefficient (Wildman–Crippen LogP) is 0.634. The average Bonchev–Trinajstić information content (AvgIpc) is 3.57. The molecule has 0 bridgehead atoms. The van der Waals surface area contributed by atoms with Crippen LogP contribution in [-0.4, -0.2) is 82.2 Å². The Morgan fingerprint density at radius 1 is 1.15 bits per heavy atom. The number of methoxy groups -OCH3 is 1. The van der Waals surface area contributed by atoms with Crippen LogP contribution in [0.25, 0.3) is 11.4 Å². The van der Waals surface area contributed by atoms with Gasteiger partial charge < -0.3 is 35.4 Å². The third-order valence-corrected chi connectivity index (χ3v) is 6.05. The van der Waals surface area contributed by atoms with Gasteiger partial charge in [0.15, 0.2) is 11.6 Å². The zero-order chi connectivity index (χ0) is 28.3. The van der Waals surface area contributed by atoms with E-state index in [0.717, 1.165) is 19.0 Å². The number of nitrogens with zero attached hydrogens (tertiary/aromatic N) is 7. The molecule has 40 heavy (non-hydrogen) atoms. The fourth-order valence-electron chi connectivity index (χ4n) is 4.23. The van der Waals surface area contributed by atoms with Gasteiger partial charge in [-0.1, -0.05) is 6.07 Å². The van der Waals surface area contributed by atoms with Crippen molar-refractivity contribution in [2.24, 2.45) is 7.05 Å². The van der Waals surface area contributed by atoms with Crippen LogP contribution in [0.5, 0.6) is 5.75 Å². The van der Waals surface area contributed by atoms with Gasteiger partial charge in [-0.3, -0.25) is 19.5 Å². The van der Waals surface area contributed by atoms with E-state index in [4.69, 9.17) is 9.47 Å². The van der Waals surface area contributed by atoms with Gasteiger partial charge in [0.2, 0.25) is 5.95 Å². The summed E-state index contributed by atoms with van der Waals surface area (Å²) in [6, 6.07) is 5.42. The van der Waals surface area contributed by atoms with Crippen LogP contribution in [0.1, 0.15) is 29.2 Å². The van der Waals surface area contributed by atoms with Crippen molar-refractivity contribution in [3.05, 3.63) is 48.7 Å². The number of aromatic nitrogens is 7. The lowest BCUT2D eigenvalue weighted by atomic mass is 10.1. The van der Waals surface area contributed by atoms with Gasteiger partial charge in [-0.25, -0.2) is 9.97 Å². The Kier molecular flexibility index (Phi) is 7.56. The fraction of sp³-hybridized carbons (Fsp3) is 0.333. The number of para-hydroxylation sites is 1. The first-order chi connectivity index (χ1) is 19.2. The number of anilines is 4. The van der Waals surface area contributed by atoms with E-state index < -0.39 is 12.0 Å². The molecule has 4 aromatic rings. The van der Waals surface area contributed by atoms with Gasteiger partial charge in [-0.15, -0.1) is 0 Å². The van der Waals surface area contributed by atoms with Crippen LogP contribution in [-0.2, 0) is 11.8 Å². The van der Waals surface area contributed by atoms with Gasteiger partial charge in [0.25, 0.3) is 5.91 Å². The zero-order valence-electron chi connectivity index (χ0n) is 21.6. The Morgan fingerprint density at radius 2 is 1.95 bits per heavy atom. The highest BCUT2D eigenvalue weighted by Crippen LogP contribution is 2.37. The molecule has 0 aliphatic carbocycles. The highest BCUT2D eigenvalue weighted by Gasteiger charge is 2.26. The Labute approximate surface area is 227 Å². The summed E-state index contributed by atoms with van der Waals surface area (Å²) in [5.41, 5.74) is 1.40. The Hall–Kier alpha value is -4.64. The number of carbonyl (C=O) groups is 1. The molecule has 1 saturated heterocycles. The van der Waals surface area contributed by atoms with Crippen LogP contribution < -0.4 is 20.7 Å². The van der Waals surface area contributed by atoms with Crippen molar-refractivity contribution >= 4 is 29.0 Å². The van der Waals surface area contributed by atoms with Crippen molar-refractivity contribution in [1.29, 1.82) is 0 Å². The number of hydrogen-bond acceptors (Lipinski definition) is 13. The summed E-state index contributed by atoms with van der Waals surface area (Å²) in [7, 11) is 3.21. The highest BCUT2D eigenvalue weighted by atomic mass is 16.7. The topological polar surface area (TPSA) is 207 Å². The molecule has 0 spiro atoms. The maximum Gasteiger partial charge on any atom is 0.369 e. The largest absolute Gasteiger partial charge is 0.494 e. The second-order valence-electron chi connectivity index (χ2n) is 8.98. The minimum Gasteiger partial charge on any atom is -0.494 e. The monoisotopic (exact) mass is 552 g/mol. The molecule has 3 aromatic heterocycles. The lowest BCUT2D eigenvalue weighted by molar-refractivity contribution is -0.323. The van der Waals surface area contributed by atoms with Crippen LogP contribution >= 0.6 is 0 Å². The third kappa shape index (κ3) is 6.15. The molecular formula is C24H28N10O6. The van der Waals surface area contributed by atoms with E-state index in [-0.39, 0.29) is 23.4 Å². The van der Waals surface area contributed by atoms with Crippen LogP contribution in [0.2, 0.25) is 0 Å². The summed E-state index contributed by atoms with van der Waals surface area (Å²) in [6.45, 7) is 1.35. The van der Waals surface area contributed by atoms with Crippen LogP contribution in [0, 0.1) is 0 Å². The molecule has 1 amide bonds. The molecule has 16 nitrogen and oxygen atoms in total. The molecule has 1 aromatic carbocycles. The van der Waals surface area contributed by atoms with E-state index in [1.165, 1.54) is 7.11 Å². The standard InChI is InChI=1S/C24H28N10O6/c1-33-13-26-20(32-33)16-4-3-5-18(19(16)39-2)29-21-17(22(35)31-24(36,37)38)11-25-23(30-21)28-14-10-27-34(12-14)15-6-8-40-9-7-15/h3-5,10-13,15,36-38H,6-9H2,1-2H3,(H,31,35)(H2,25,28,29,30). The van der Waals surface area contributed by atoms with Crippen molar-refractivity contribution in [1.82, 2.24) is 39.8 Å². The number of amides is 1. The first-order valence-electron chi connectivity index (χ1n) is 12.3. The second-order valence-corrected chi connectivity index (χ2v) is 8.98. The average molecular weight is 553 g/mol. The Bertz CT molecular complexity index is 1490. The fourth-order valence-corrected chi connectivity index (χ4v) is 4.23. The van der Waals surface area contributed by atoms with Gasteiger partial charge in [-0.05, 0) is 25.0 Å². The number of nitrogens with one attached hydrogen (secondary N) is 3. The van der Waals surface area contributed by atoms with E-state index in [2.05, 4.69) is 35.8 Å². The summed E-state index contributed by atoms with van der Waals surface area (Å²) >= 11 is 0. The molecule has 0 atom stereocenters. The summed E-state index contributed by atoms with van der Waals surface area (Å²) in [6.07, 6.45) is 4.44. The zero-order valence-corrected chi connectivity index (χ0v) is 21.6. The smallest absolute Gasteiger partial charge is 0.369 e. The van der Waals surface area contributed by atoms with Crippen molar-refractivity contribution < 1.29 is 29.6 Å². The molecule has 16 heteroatoms. The first kappa shape index (κ1) is 26.9. The molecule has 0 saturated carbocycles. The van der Waals surface area contributed by atoms with Gasteiger partial charge in [0.05, 0.1) is 36.3 Å². The highest BCUT2D eigenvalue weighted by molar-refractivity contribution is 5.99. The third-order valence-electron chi connectivity index (χ3n) is 6.05. The molecule has 5 rings (SSSR count). The van der Waals surface area contributed by atoms with Crippen molar-refractivity contribution in [3.8, 4) is 17.1 Å². The van der Waals surface area contributed by atoms with E-state index in [1.807, 2.05) is 10.9 Å². The lowest BCUT2D eigenvalue weighted by Crippen LogP contribution is -2.48. The predicted molar refractivity (Wildman–Crippen MR) is 140 cm³/mol. The Morgan fingerprint density at radius 3 is 2.65 bits per heavy atom. The minimum absolute atomic E-state index is 0.0273. The summed E-state index contributed by atoms with van der Waals surface area (Å²) in [5.74, 6) is -0.184. The summed E-state index contributed by atoms with van der Waals surface area (Å²) in [5, 5.41) is 44.4. The van der Waals surface area contributed by atoms with Crippen LogP contribution in [0.4, 0.5) is 23.1 Å². The lowest BCUT2D eigenvalue weighted by Gasteiger charge is -2.22. The number of hydrogen-bond donors (Lipinski definition) is 6. The van der Waals surface area contributed by atoms with Gasteiger partial charge in [0, 0.05) is 32.7 Å². The molecule has 210 valence electrons. The quantitative estimate of drug-likeness (QED) is 0.158. The van der Waals surface area contributed by atoms with Gasteiger partial charge >= 0.3 is 6.10 Å². The van der Waals surface area contributed by atoms with Crippen LogP contribution in [0.3, 0.4) is 0 Å². The SMILES string of the molecule is COc1c(Nc2nc(Nc3cnn(C4CCOCC4)c3)ncc2C(=O)NC(O)(O)O)cccc1-c1ncn(C)n1. The van der Waals surface area contributed by atoms with E-state index in [0.29, 0.717) is 41.7 Å². The molecule has 1 fully saturated rings. The molecule has 1 aliphatic rings. The Balaban J connectivity index is 1.47. The van der Waals surface area contributed by atoms with E-state index in [1.54, 1.807) is 47.8 Å². The number of benzene rings is 1.